The van der Waals surface area contributed by atoms with Crippen molar-refractivity contribution in [3.63, 3.8) is 0 Å². The van der Waals surface area contributed by atoms with Crippen LogP contribution in [0.25, 0.3) is 22.4 Å². The van der Waals surface area contributed by atoms with E-state index < -0.39 is 24.7 Å². The SMILES string of the molecule is O=C(c1nnc(-c2cnn(CC(F)(F)F)c2)o1)N1CCc2nc[nH]c2[C@@H]1c1ccc2ccccc2n1. The van der Waals surface area contributed by atoms with Crippen molar-refractivity contribution in [3.8, 4) is 11.5 Å². The van der Waals surface area contributed by atoms with Gasteiger partial charge >= 0.3 is 18.0 Å². The quantitative estimate of drug-likeness (QED) is 0.406. The molecule has 4 aromatic heterocycles. The minimum Gasteiger partial charge on any atom is -0.412 e. The Labute approximate surface area is 200 Å². The lowest BCUT2D eigenvalue weighted by molar-refractivity contribution is -0.142. The van der Waals surface area contributed by atoms with Gasteiger partial charge in [-0.3, -0.25) is 14.5 Å². The average molecular weight is 494 g/mol. The van der Waals surface area contributed by atoms with Gasteiger partial charge in [-0.25, -0.2) is 4.98 Å². The van der Waals surface area contributed by atoms with Gasteiger partial charge in [0.2, 0.25) is 0 Å². The molecule has 1 aliphatic rings. The molecule has 0 spiro atoms. The molecule has 0 fully saturated rings. The number of pyridine rings is 1. The van der Waals surface area contributed by atoms with Crippen LogP contribution < -0.4 is 0 Å². The lowest BCUT2D eigenvalue weighted by Gasteiger charge is -2.33. The molecule has 0 aliphatic carbocycles. The minimum atomic E-state index is -4.43. The highest BCUT2D eigenvalue weighted by Gasteiger charge is 2.37. The molecule has 1 aromatic carbocycles. The number of imidazole rings is 1. The largest absolute Gasteiger partial charge is 0.412 e. The van der Waals surface area contributed by atoms with Crippen molar-refractivity contribution >= 4 is 16.8 Å². The third kappa shape index (κ3) is 3.97. The number of fused-ring (bicyclic) bond motifs is 2. The van der Waals surface area contributed by atoms with Crippen LogP contribution in [0.3, 0.4) is 0 Å². The molecule has 1 amide bonds. The summed E-state index contributed by atoms with van der Waals surface area (Å²) in [7, 11) is 0. The maximum absolute atomic E-state index is 13.5. The van der Waals surface area contributed by atoms with Gasteiger partial charge < -0.3 is 14.3 Å². The highest BCUT2D eigenvalue weighted by Crippen LogP contribution is 2.34. The number of benzene rings is 1. The summed E-state index contributed by atoms with van der Waals surface area (Å²) in [6.07, 6.45) is -0.0251. The number of rotatable bonds is 4. The fraction of sp³-hybridized carbons (Fsp3) is 0.217. The van der Waals surface area contributed by atoms with Crippen LogP contribution in [0.5, 0.6) is 0 Å². The summed E-state index contributed by atoms with van der Waals surface area (Å²) in [6, 6.07) is 10.9. The van der Waals surface area contributed by atoms with Crippen LogP contribution in [-0.2, 0) is 13.0 Å². The third-order valence-corrected chi connectivity index (χ3v) is 5.92. The number of hydrogen-bond donors (Lipinski definition) is 1. The van der Waals surface area contributed by atoms with E-state index in [1.807, 2.05) is 36.4 Å². The molecule has 6 rings (SSSR count). The van der Waals surface area contributed by atoms with Crippen molar-refractivity contribution in [1.29, 1.82) is 0 Å². The molecular formula is C23H17F3N8O2. The van der Waals surface area contributed by atoms with Crippen LogP contribution in [0.4, 0.5) is 13.2 Å². The Morgan fingerprint density at radius 1 is 1.17 bits per heavy atom. The lowest BCUT2D eigenvalue weighted by atomic mass is 9.98. The van der Waals surface area contributed by atoms with Gasteiger partial charge in [0, 0.05) is 24.5 Å². The molecule has 36 heavy (non-hydrogen) atoms. The molecule has 10 nitrogen and oxygen atoms in total. The number of carbonyl (C=O) groups excluding carboxylic acids is 1. The number of nitrogens with one attached hydrogen (secondary N) is 1. The van der Waals surface area contributed by atoms with Crippen LogP contribution in [0.15, 0.2) is 59.5 Å². The molecule has 0 saturated carbocycles. The first kappa shape index (κ1) is 21.9. The van der Waals surface area contributed by atoms with Gasteiger partial charge in [0.05, 0.1) is 40.7 Å². The standard InChI is InChI=1S/C23H17F3N8O2/c24-23(25,26)11-33-10-14(9-29-33)20-31-32-21(36-20)22(35)34-8-7-16-18(28-12-27-16)19(34)17-6-5-13-3-1-2-4-15(13)30-17/h1-6,9-10,12,19H,7-8,11H2,(H,27,28)/t19-/m0/s1. The van der Waals surface area contributed by atoms with Gasteiger partial charge in [0.1, 0.15) is 12.6 Å². The van der Waals surface area contributed by atoms with Crippen molar-refractivity contribution in [2.45, 2.75) is 25.2 Å². The molecule has 0 bridgehead atoms. The Morgan fingerprint density at radius 3 is 2.89 bits per heavy atom. The second-order valence-electron chi connectivity index (χ2n) is 8.30. The van der Waals surface area contributed by atoms with E-state index in [0.29, 0.717) is 23.3 Å². The van der Waals surface area contributed by atoms with Crippen molar-refractivity contribution in [2.75, 3.05) is 6.54 Å². The second kappa shape index (κ2) is 8.29. The maximum Gasteiger partial charge on any atom is 0.408 e. The van der Waals surface area contributed by atoms with Crippen LogP contribution in [-0.4, -0.2) is 58.5 Å². The second-order valence-corrected chi connectivity index (χ2v) is 8.30. The number of amides is 1. The number of carbonyl (C=O) groups is 1. The summed E-state index contributed by atoms with van der Waals surface area (Å²) in [6.45, 7) is -0.926. The van der Waals surface area contributed by atoms with Gasteiger partial charge in [-0.15, -0.1) is 10.2 Å². The number of aromatic amines is 1. The van der Waals surface area contributed by atoms with Crippen molar-refractivity contribution in [2.24, 2.45) is 0 Å². The summed E-state index contributed by atoms with van der Waals surface area (Å²) in [5, 5.41) is 12.3. The van der Waals surface area contributed by atoms with Gasteiger partial charge in [-0.05, 0) is 12.1 Å². The van der Waals surface area contributed by atoms with E-state index in [-0.39, 0.29) is 17.3 Å². The van der Waals surface area contributed by atoms with E-state index in [1.54, 1.807) is 11.2 Å². The van der Waals surface area contributed by atoms with E-state index in [0.717, 1.165) is 28.5 Å². The minimum absolute atomic E-state index is 0.105. The van der Waals surface area contributed by atoms with Crippen molar-refractivity contribution < 1.29 is 22.4 Å². The first-order valence-electron chi connectivity index (χ1n) is 11.0. The fourth-order valence-electron chi connectivity index (χ4n) is 4.33. The zero-order chi connectivity index (χ0) is 24.9. The molecule has 1 N–H and O–H groups in total. The van der Waals surface area contributed by atoms with Gasteiger partial charge in [-0.1, -0.05) is 24.3 Å². The molecule has 13 heteroatoms. The van der Waals surface area contributed by atoms with Gasteiger partial charge in [-0.2, -0.15) is 18.3 Å². The normalized spacial score (nSPS) is 15.9. The number of alkyl halides is 3. The zero-order valence-corrected chi connectivity index (χ0v) is 18.5. The molecule has 0 radical (unpaired) electrons. The highest BCUT2D eigenvalue weighted by atomic mass is 19.4. The first-order valence-corrected chi connectivity index (χ1v) is 11.0. The molecule has 1 aliphatic heterocycles. The predicted octanol–water partition coefficient (Wildman–Crippen LogP) is 3.55. The summed E-state index contributed by atoms with van der Waals surface area (Å²) >= 11 is 0. The molecule has 0 saturated heterocycles. The van der Waals surface area contributed by atoms with E-state index in [2.05, 4.69) is 25.3 Å². The summed E-state index contributed by atoms with van der Waals surface area (Å²) in [5.74, 6) is -0.926. The maximum atomic E-state index is 13.5. The summed E-state index contributed by atoms with van der Waals surface area (Å²) < 4.78 is 44.2. The third-order valence-electron chi connectivity index (χ3n) is 5.92. The number of halogens is 3. The van der Waals surface area contributed by atoms with Crippen LogP contribution >= 0.6 is 0 Å². The average Bonchev–Trinajstić information content (AvgIpc) is 3.62. The Hall–Kier alpha value is -4.55. The number of H-pyrrole nitrogens is 1. The van der Waals surface area contributed by atoms with Crippen LogP contribution in [0.1, 0.15) is 33.8 Å². The van der Waals surface area contributed by atoms with Gasteiger partial charge in [0.15, 0.2) is 0 Å². The molecular weight excluding hydrogens is 477 g/mol. The zero-order valence-electron chi connectivity index (χ0n) is 18.5. The van der Waals surface area contributed by atoms with Crippen LogP contribution in [0, 0.1) is 0 Å². The number of aromatic nitrogens is 7. The number of para-hydroxylation sites is 1. The smallest absolute Gasteiger partial charge is 0.408 e. The molecule has 182 valence electrons. The number of nitrogens with zero attached hydrogens (tertiary/aromatic N) is 7. The van der Waals surface area contributed by atoms with E-state index >= 15 is 0 Å². The molecule has 1 atom stereocenters. The van der Waals surface area contributed by atoms with Crippen molar-refractivity contribution in [1.82, 2.24) is 39.8 Å². The molecule has 0 unspecified atom stereocenters. The van der Waals surface area contributed by atoms with E-state index in [9.17, 15) is 18.0 Å². The first-order chi connectivity index (χ1) is 17.4. The van der Waals surface area contributed by atoms with Gasteiger partial charge in [0.25, 0.3) is 5.89 Å². The fourth-order valence-corrected chi connectivity index (χ4v) is 4.33. The van der Waals surface area contributed by atoms with Crippen molar-refractivity contribution in [3.05, 3.63) is 78.1 Å². The lowest BCUT2D eigenvalue weighted by Crippen LogP contribution is -2.41. The summed E-state index contributed by atoms with van der Waals surface area (Å²) in [5.41, 5.74) is 3.17. The van der Waals surface area contributed by atoms with E-state index in [4.69, 9.17) is 9.40 Å². The number of hydrogen-bond acceptors (Lipinski definition) is 7. The Kier molecular flexibility index (Phi) is 5.05. The monoisotopic (exact) mass is 494 g/mol. The predicted molar refractivity (Wildman–Crippen MR) is 118 cm³/mol. The van der Waals surface area contributed by atoms with E-state index in [1.165, 1.54) is 6.20 Å². The highest BCUT2D eigenvalue weighted by molar-refractivity contribution is 5.90. The molecule has 5 heterocycles. The van der Waals surface area contributed by atoms with Crippen LogP contribution in [0.2, 0.25) is 0 Å². The Bertz CT molecular complexity index is 1570. The Morgan fingerprint density at radius 2 is 2.03 bits per heavy atom. The topological polar surface area (TPSA) is 119 Å². The summed E-state index contributed by atoms with van der Waals surface area (Å²) in [4.78, 5) is 27.4. The molecule has 5 aromatic rings. The Balaban J connectivity index is 1.32.